The molecule has 0 atom stereocenters. The van der Waals surface area contributed by atoms with Crippen molar-refractivity contribution < 1.29 is 14.2 Å². The first-order valence-corrected chi connectivity index (χ1v) is 21.1. The largest absolute Gasteiger partial charge is 0.457 e. The lowest BCUT2D eigenvalue weighted by Gasteiger charge is -2.28. The van der Waals surface area contributed by atoms with Gasteiger partial charge in [-0.25, -0.2) is 0 Å². The molecule has 266 valence electrons. The van der Waals surface area contributed by atoms with Gasteiger partial charge in [0.15, 0.2) is 0 Å². The van der Waals surface area contributed by atoms with Crippen molar-refractivity contribution in [1.29, 1.82) is 0 Å². The van der Waals surface area contributed by atoms with Crippen molar-refractivity contribution >= 4 is 23.2 Å². The van der Waals surface area contributed by atoms with Gasteiger partial charge in [-0.2, -0.15) is 0 Å². The zero-order valence-electron chi connectivity index (χ0n) is 30.5. The second-order valence-electron chi connectivity index (χ2n) is 13.4. The van der Waals surface area contributed by atoms with Crippen LogP contribution in [0.2, 0.25) is 0 Å². The Kier molecular flexibility index (Phi) is 14.0. The number of benzene rings is 6. The molecule has 0 aliphatic rings. The highest BCUT2D eigenvalue weighted by Gasteiger charge is 2.45. The molecular formula is C48H52O3P+. The van der Waals surface area contributed by atoms with Gasteiger partial charge in [-0.3, -0.25) is 0 Å². The highest BCUT2D eigenvalue weighted by Crippen LogP contribution is 2.56. The van der Waals surface area contributed by atoms with Crippen molar-refractivity contribution in [3.63, 3.8) is 0 Å². The summed E-state index contributed by atoms with van der Waals surface area (Å²) in [5.41, 5.74) is 0. The summed E-state index contributed by atoms with van der Waals surface area (Å²) in [6.07, 6.45) is 14.2. The fourth-order valence-electron chi connectivity index (χ4n) is 6.85. The Bertz CT molecular complexity index is 1650. The molecule has 0 saturated heterocycles. The number of ether oxygens (including phenoxy) is 3. The van der Waals surface area contributed by atoms with Crippen LogP contribution in [0, 0.1) is 0 Å². The smallest absolute Gasteiger partial charge is 0.127 e. The van der Waals surface area contributed by atoms with E-state index in [1.165, 1.54) is 73.7 Å². The molecule has 0 spiro atoms. The molecule has 0 aromatic heterocycles. The van der Waals surface area contributed by atoms with Gasteiger partial charge in [0.2, 0.25) is 0 Å². The third kappa shape index (κ3) is 10.4. The molecule has 0 fully saturated rings. The summed E-state index contributed by atoms with van der Waals surface area (Å²) < 4.78 is 18.7. The Morgan fingerprint density at radius 1 is 0.308 bits per heavy atom. The Labute approximate surface area is 312 Å². The van der Waals surface area contributed by atoms with Crippen molar-refractivity contribution in [3.8, 4) is 34.5 Å². The number of para-hydroxylation sites is 3. The number of rotatable bonds is 20. The Hall–Kier alpha value is -4.85. The summed E-state index contributed by atoms with van der Waals surface area (Å²) in [4.78, 5) is 0. The summed E-state index contributed by atoms with van der Waals surface area (Å²) in [5, 5.41) is 4.03. The van der Waals surface area contributed by atoms with E-state index < -0.39 is 7.26 Å². The van der Waals surface area contributed by atoms with Crippen LogP contribution in [0.1, 0.15) is 71.1 Å². The van der Waals surface area contributed by atoms with Crippen LogP contribution in [0.3, 0.4) is 0 Å². The minimum atomic E-state index is -2.10. The highest BCUT2D eigenvalue weighted by atomic mass is 31.2. The quantitative estimate of drug-likeness (QED) is 0.0584. The zero-order valence-corrected chi connectivity index (χ0v) is 31.4. The number of unbranched alkanes of at least 4 members (excludes halogenated alkanes) is 9. The van der Waals surface area contributed by atoms with Crippen molar-refractivity contribution in [2.45, 2.75) is 71.1 Å². The van der Waals surface area contributed by atoms with E-state index in [1.54, 1.807) is 0 Å². The molecule has 6 aromatic carbocycles. The molecule has 52 heavy (non-hydrogen) atoms. The summed E-state index contributed by atoms with van der Waals surface area (Å²) in [6, 6.07) is 56.6. The van der Waals surface area contributed by atoms with Gasteiger partial charge < -0.3 is 14.2 Å². The third-order valence-corrected chi connectivity index (χ3v) is 14.1. The van der Waals surface area contributed by atoms with Gasteiger partial charge in [0.25, 0.3) is 0 Å². The molecule has 0 radical (unpaired) electrons. The average molecular weight is 708 g/mol. The Morgan fingerprint density at radius 2 is 0.577 bits per heavy atom. The van der Waals surface area contributed by atoms with Crippen molar-refractivity contribution in [2.24, 2.45) is 0 Å². The first-order valence-electron chi connectivity index (χ1n) is 19.1. The van der Waals surface area contributed by atoms with E-state index in [0.717, 1.165) is 47.1 Å². The summed E-state index contributed by atoms with van der Waals surface area (Å²) in [7, 11) is -2.10. The SMILES string of the molecule is CCCCCCCCCCCC[P+](c1ccc(Oc2ccccc2)cc1)(c1ccc(Oc2ccccc2)cc1)c1ccc(Oc2ccccc2)cc1. The minimum absolute atomic E-state index is 0.838. The van der Waals surface area contributed by atoms with Gasteiger partial charge in [-0.15, -0.1) is 0 Å². The highest BCUT2D eigenvalue weighted by molar-refractivity contribution is 7.95. The normalized spacial score (nSPS) is 11.2. The predicted octanol–water partition coefficient (Wildman–Crippen LogP) is 13.3. The van der Waals surface area contributed by atoms with Crippen LogP contribution in [0.5, 0.6) is 34.5 Å². The molecule has 6 aromatic rings. The molecule has 0 unspecified atom stereocenters. The van der Waals surface area contributed by atoms with Gasteiger partial charge in [0.05, 0.1) is 6.16 Å². The van der Waals surface area contributed by atoms with Crippen LogP contribution in [0.15, 0.2) is 164 Å². The Morgan fingerprint density at radius 3 is 0.885 bits per heavy atom. The lowest BCUT2D eigenvalue weighted by Crippen LogP contribution is -2.33. The van der Waals surface area contributed by atoms with Crippen molar-refractivity contribution in [1.82, 2.24) is 0 Å². The molecule has 4 heteroatoms. The van der Waals surface area contributed by atoms with Gasteiger partial charge in [-0.05, 0) is 122 Å². The van der Waals surface area contributed by atoms with Gasteiger partial charge in [0.1, 0.15) is 57.7 Å². The summed E-state index contributed by atoms with van der Waals surface area (Å²) in [6.45, 7) is 2.29. The van der Waals surface area contributed by atoms with Crippen LogP contribution in [-0.2, 0) is 0 Å². The summed E-state index contributed by atoms with van der Waals surface area (Å²) in [5.74, 6) is 5.03. The van der Waals surface area contributed by atoms with Gasteiger partial charge in [-0.1, -0.05) is 113 Å². The van der Waals surface area contributed by atoms with Crippen LogP contribution < -0.4 is 30.1 Å². The molecule has 0 aliphatic carbocycles. The molecule has 3 nitrogen and oxygen atoms in total. The lowest BCUT2D eigenvalue weighted by molar-refractivity contribution is 0.482. The molecule has 0 aliphatic heterocycles. The molecule has 6 rings (SSSR count). The fourth-order valence-corrected chi connectivity index (χ4v) is 11.2. The molecular weight excluding hydrogens is 655 g/mol. The second kappa shape index (κ2) is 19.7. The first kappa shape index (κ1) is 36.9. The lowest BCUT2D eigenvalue weighted by atomic mass is 10.1. The van der Waals surface area contributed by atoms with E-state index in [-0.39, 0.29) is 0 Å². The standard InChI is InChI=1S/C48H52O3P/c1-2-3-4-5-6-7-8-9-10-20-39-52(46-33-27-43(28-34-46)49-40-21-14-11-15-22-40,47-35-29-44(30-36-47)50-41-23-16-12-17-24-41)48-37-31-45(32-38-48)51-42-25-18-13-19-26-42/h11-19,21-38H,2-10,20,39H2,1H3/q+1. The minimum Gasteiger partial charge on any atom is -0.457 e. The topological polar surface area (TPSA) is 27.7 Å². The van der Waals surface area contributed by atoms with Crippen LogP contribution in [0.25, 0.3) is 0 Å². The van der Waals surface area contributed by atoms with E-state index in [9.17, 15) is 0 Å². The van der Waals surface area contributed by atoms with Crippen LogP contribution in [0.4, 0.5) is 0 Å². The van der Waals surface area contributed by atoms with E-state index >= 15 is 0 Å². The van der Waals surface area contributed by atoms with Gasteiger partial charge >= 0.3 is 0 Å². The molecule has 0 saturated carbocycles. The maximum Gasteiger partial charge on any atom is 0.127 e. The van der Waals surface area contributed by atoms with Crippen LogP contribution >= 0.6 is 7.26 Å². The maximum atomic E-state index is 6.25. The van der Waals surface area contributed by atoms with E-state index in [4.69, 9.17) is 14.2 Å². The van der Waals surface area contributed by atoms with E-state index in [2.05, 4.69) is 79.7 Å². The van der Waals surface area contributed by atoms with Gasteiger partial charge in [0, 0.05) is 0 Å². The third-order valence-electron chi connectivity index (χ3n) is 9.62. The monoisotopic (exact) mass is 707 g/mol. The molecule has 0 amide bonds. The van der Waals surface area contributed by atoms with E-state index in [0.29, 0.717) is 0 Å². The first-order chi connectivity index (χ1) is 25.7. The molecule has 0 heterocycles. The van der Waals surface area contributed by atoms with Crippen molar-refractivity contribution in [2.75, 3.05) is 6.16 Å². The van der Waals surface area contributed by atoms with Crippen molar-refractivity contribution in [3.05, 3.63) is 164 Å². The average Bonchev–Trinajstić information content (AvgIpc) is 3.20. The summed E-state index contributed by atoms with van der Waals surface area (Å²) >= 11 is 0. The predicted molar refractivity (Wildman–Crippen MR) is 221 cm³/mol. The Balaban J connectivity index is 1.31. The second-order valence-corrected chi connectivity index (χ2v) is 17.1. The van der Waals surface area contributed by atoms with E-state index in [1.807, 2.05) is 91.0 Å². The number of hydrogen-bond donors (Lipinski definition) is 0. The fraction of sp³-hybridized carbons (Fsp3) is 0.250. The van der Waals surface area contributed by atoms with Crippen LogP contribution in [-0.4, -0.2) is 6.16 Å². The molecule has 0 N–H and O–H groups in total. The molecule has 0 bridgehead atoms. The maximum absolute atomic E-state index is 6.25. The number of hydrogen-bond acceptors (Lipinski definition) is 3. The zero-order chi connectivity index (χ0) is 35.7.